The van der Waals surface area contributed by atoms with Crippen LogP contribution in [0, 0.1) is 10.1 Å². The van der Waals surface area contributed by atoms with Gasteiger partial charge in [0, 0.05) is 0 Å². The monoisotopic (exact) mass is 238 g/mol. The summed E-state index contributed by atoms with van der Waals surface area (Å²) < 4.78 is 4.69. The van der Waals surface area contributed by atoms with Crippen LogP contribution in [0.15, 0.2) is 16.5 Å². The standard InChI is InChI=1S/C7H6N6O4/c1-12-10-7(9-11-12)8-6(14)4-2-3-5(17-4)13(15)16/h2-3H,1H3,(H,8,10,14). The molecule has 0 fully saturated rings. The Hall–Kier alpha value is -2.78. The van der Waals surface area contributed by atoms with Gasteiger partial charge in [-0.1, -0.05) is 5.10 Å². The van der Waals surface area contributed by atoms with Crippen LogP contribution < -0.4 is 5.32 Å². The highest BCUT2D eigenvalue weighted by atomic mass is 16.6. The van der Waals surface area contributed by atoms with Crippen molar-refractivity contribution in [2.24, 2.45) is 7.05 Å². The summed E-state index contributed by atoms with van der Waals surface area (Å²) in [6.07, 6.45) is 0. The first-order chi connectivity index (χ1) is 8.06. The van der Waals surface area contributed by atoms with Crippen molar-refractivity contribution in [3.8, 4) is 0 Å². The number of tetrazole rings is 1. The zero-order chi connectivity index (χ0) is 12.4. The quantitative estimate of drug-likeness (QED) is 0.586. The normalized spacial score (nSPS) is 10.2. The fourth-order valence-electron chi connectivity index (χ4n) is 1.05. The van der Waals surface area contributed by atoms with Crippen LogP contribution in [0.1, 0.15) is 10.6 Å². The Morgan fingerprint density at radius 2 is 2.35 bits per heavy atom. The third-order valence-corrected chi connectivity index (χ3v) is 1.73. The molecule has 2 rings (SSSR count). The molecule has 0 unspecified atom stereocenters. The van der Waals surface area contributed by atoms with Crippen molar-refractivity contribution in [1.29, 1.82) is 0 Å². The van der Waals surface area contributed by atoms with Crippen LogP contribution in [0.3, 0.4) is 0 Å². The molecule has 2 aromatic heterocycles. The minimum atomic E-state index is -0.739. The van der Waals surface area contributed by atoms with Gasteiger partial charge in [-0.25, -0.2) is 0 Å². The molecule has 10 nitrogen and oxygen atoms in total. The molecule has 0 aliphatic carbocycles. The lowest BCUT2D eigenvalue weighted by atomic mass is 10.4. The zero-order valence-corrected chi connectivity index (χ0v) is 8.52. The van der Waals surface area contributed by atoms with Gasteiger partial charge in [-0.3, -0.25) is 20.2 Å². The molecule has 1 amide bonds. The Morgan fingerprint density at radius 1 is 1.59 bits per heavy atom. The van der Waals surface area contributed by atoms with Gasteiger partial charge < -0.3 is 4.42 Å². The fraction of sp³-hybridized carbons (Fsp3) is 0.143. The maximum atomic E-state index is 11.5. The van der Waals surface area contributed by atoms with E-state index in [1.54, 1.807) is 0 Å². The van der Waals surface area contributed by atoms with Gasteiger partial charge in [-0.05, 0) is 11.3 Å². The van der Waals surface area contributed by atoms with Crippen molar-refractivity contribution in [1.82, 2.24) is 20.2 Å². The highest BCUT2D eigenvalue weighted by Gasteiger charge is 2.18. The van der Waals surface area contributed by atoms with Gasteiger partial charge in [0.2, 0.25) is 0 Å². The lowest BCUT2D eigenvalue weighted by Gasteiger charge is -1.94. The topological polar surface area (TPSA) is 129 Å². The number of hydrogen-bond donors (Lipinski definition) is 1. The van der Waals surface area contributed by atoms with Crippen molar-refractivity contribution >= 4 is 17.7 Å². The van der Waals surface area contributed by atoms with Crippen LogP contribution in [0.2, 0.25) is 0 Å². The first-order valence-electron chi connectivity index (χ1n) is 4.36. The SMILES string of the molecule is Cn1nnc(NC(=O)c2ccc([N+](=O)[O-])o2)n1. The summed E-state index contributed by atoms with van der Waals surface area (Å²) in [5, 5.41) is 23.3. The summed E-state index contributed by atoms with van der Waals surface area (Å²) in [4.78, 5) is 22.3. The van der Waals surface area contributed by atoms with E-state index in [1.807, 2.05) is 0 Å². The molecule has 17 heavy (non-hydrogen) atoms. The number of carbonyl (C=O) groups is 1. The number of rotatable bonds is 3. The maximum absolute atomic E-state index is 11.5. The number of hydrogen-bond acceptors (Lipinski definition) is 7. The van der Waals surface area contributed by atoms with E-state index in [1.165, 1.54) is 13.1 Å². The third kappa shape index (κ3) is 2.25. The number of anilines is 1. The molecule has 0 aliphatic heterocycles. The number of aromatic nitrogens is 4. The van der Waals surface area contributed by atoms with Crippen LogP contribution in [0.5, 0.6) is 0 Å². The average molecular weight is 238 g/mol. The Balaban J connectivity index is 2.11. The number of nitrogens with one attached hydrogen (secondary N) is 1. The highest BCUT2D eigenvalue weighted by Crippen LogP contribution is 2.16. The van der Waals surface area contributed by atoms with Crippen molar-refractivity contribution in [3.05, 3.63) is 28.0 Å². The predicted octanol–water partition coefficient (Wildman–Crippen LogP) is -0.0364. The zero-order valence-electron chi connectivity index (χ0n) is 8.52. The van der Waals surface area contributed by atoms with E-state index in [9.17, 15) is 14.9 Å². The first kappa shape index (κ1) is 10.7. The smallest absolute Gasteiger partial charge is 0.395 e. The third-order valence-electron chi connectivity index (χ3n) is 1.73. The van der Waals surface area contributed by atoms with Gasteiger partial charge in [0.15, 0.2) is 5.76 Å². The molecule has 0 spiro atoms. The van der Waals surface area contributed by atoms with E-state index in [-0.39, 0.29) is 11.7 Å². The lowest BCUT2D eigenvalue weighted by molar-refractivity contribution is -0.402. The molecule has 0 saturated heterocycles. The Kier molecular flexibility index (Phi) is 2.52. The van der Waals surface area contributed by atoms with Crippen LogP contribution in [0.4, 0.5) is 11.8 Å². The molecule has 0 aliphatic rings. The lowest BCUT2D eigenvalue weighted by Crippen LogP contribution is -2.12. The van der Waals surface area contributed by atoms with Crippen molar-refractivity contribution < 1.29 is 14.1 Å². The number of furan rings is 1. The average Bonchev–Trinajstić information content (AvgIpc) is 2.86. The van der Waals surface area contributed by atoms with E-state index in [2.05, 4.69) is 20.7 Å². The number of nitro groups is 1. The molecule has 0 bridgehead atoms. The summed E-state index contributed by atoms with van der Waals surface area (Å²) in [7, 11) is 1.53. The number of carbonyl (C=O) groups excluding carboxylic acids is 1. The van der Waals surface area contributed by atoms with Crippen molar-refractivity contribution in [2.75, 3.05) is 5.32 Å². The summed E-state index contributed by atoms with van der Waals surface area (Å²) in [6, 6.07) is 2.27. The van der Waals surface area contributed by atoms with E-state index >= 15 is 0 Å². The molecule has 0 aromatic carbocycles. The number of amides is 1. The van der Waals surface area contributed by atoms with Gasteiger partial charge >= 0.3 is 5.88 Å². The van der Waals surface area contributed by atoms with Gasteiger partial charge in [0.05, 0.1) is 13.1 Å². The molecule has 0 saturated carbocycles. The predicted molar refractivity (Wildman–Crippen MR) is 52.1 cm³/mol. The van der Waals surface area contributed by atoms with Crippen LogP contribution in [-0.2, 0) is 7.05 Å². The molecular weight excluding hydrogens is 232 g/mol. The second-order valence-electron chi connectivity index (χ2n) is 2.95. The summed E-state index contributed by atoms with van der Waals surface area (Å²) in [5.41, 5.74) is 0. The van der Waals surface area contributed by atoms with Crippen LogP contribution in [-0.4, -0.2) is 31.0 Å². The Labute approximate surface area is 93.4 Å². The van der Waals surface area contributed by atoms with E-state index in [0.29, 0.717) is 0 Å². The molecule has 0 radical (unpaired) electrons. The largest absolute Gasteiger partial charge is 0.433 e. The van der Waals surface area contributed by atoms with Crippen LogP contribution >= 0.6 is 0 Å². The van der Waals surface area contributed by atoms with Gasteiger partial charge in [-0.2, -0.15) is 4.80 Å². The molecular formula is C7H6N6O4. The summed E-state index contributed by atoms with van der Waals surface area (Å²) in [5.74, 6) is -1.42. The summed E-state index contributed by atoms with van der Waals surface area (Å²) >= 11 is 0. The van der Waals surface area contributed by atoms with Gasteiger partial charge in [-0.15, -0.1) is 5.10 Å². The number of aryl methyl sites for hydroxylation is 1. The molecule has 88 valence electrons. The molecule has 0 atom stereocenters. The minimum Gasteiger partial charge on any atom is -0.395 e. The second-order valence-corrected chi connectivity index (χ2v) is 2.95. The summed E-state index contributed by atoms with van der Waals surface area (Å²) in [6.45, 7) is 0. The van der Waals surface area contributed by atoms with Crippen molar-refractivity contribution in [3.63, 3.8) is 0 Å². The minimum absolute atomic E-state index is 0.0171. The fourth-order valence-corrected chi connectivity index (χ4v) is 1.05. The molecule has 10 heteroatoms. The van der Waals surface area contributed by atoms with Gasteiger partial charge in [0.25, 0.3) is 11.9 Å². The molecule has 2 aromatic rings. The number of nitrogens with zero attached hydrogens (tertiary/aromatic N) is 5. The Bertz CT molecular complexity index is 572. The van der Waals surface area contributed by atoms with E-state index in [4.69, 9.17) is 4.42 Å². The second kappa shape index (κ2) is 4.00. The first-order valence-corrected chi connectivity index (χ1v) is 4.36. The Morgan fingerprint density at radius 3 is 2.88 bits per heavy atom. The van der Waals surface area contributed by atoms with Gasteiger partial charge in [0.1, 0.15) is 4.92 Å². The van der Waals surface area contributed by atoms with Crippen LogP contribution in [0.25, 0.3) is 0 Å². The maximum Gasteiger partial charge on any atom is 0.433 e. The molecule has 1 N–H and O–H groups in total. The molecule has 2 heterocycles. The highest BCUT2D eigenvalue weighted by molar-refractivity contribution is 6.01. The van der Waals surface area contributed by atoms with E-state index in [0.717, 1.165) is 10.9 Å². The van der Waals surface area contributed by atoms with Crippen molar-refractivity contribution in [2.45, 2.75) is 0 Å². The van der Waals surface area contributed by atoms with E-state index < -0.39 is 16.7 Å².